The second-order valence-corrected chi connectivity index (χ2v) is 12.6. The van der Waals surface area contributed by atoms with Crippen molar-refractivity contribution < 1.29 is 28.2 Å². The molecule has 1 aromatic heterocycles. The minimum Gasteiger partial charge on any atom is -0.480 e. The zero-order valence-corrected chi connectivity index (χ0v) is 22.9. The average molecular weight is 530 g/mol. The molecule has 2 heterocycles. The van der Waals surface area contributed by atoms with Crippen LogP contribution in [-0.2, 0) is 31.3 Å². The van der Waals surface area contributed by atoms with Gasteiger partial charge in [0, 0.05) is 23.0 Å². The summed E-state index contributed by atoms with van der Waals surface area (Å²) in [4.78, 5) is 15.2. The van der Waals surface area contributed by atoms with Crippen LogP contribution in [-0.4, -0.2) is 40.5 Å². The molecule has 3 rings (SSSR count). The minimum atomic E-state index is -1.59. The summed E-state index contributed by atoms with van der Waals surface area (Å²) in [5, 5.41) is 11.1. The Morgan fingerprint density at radius 1 is 1.18 bits per heavy atom. The van der Waals surface area contributed by atoms with Crippen LogP contribution in [0.4, 0.5) is 0 Å². The van der Waals surface area contributed by atoms with Gasteiger partial charge < -0.3 is 18.9 Å². The number of aliphatic carboxylic acids is 1. The summed E-state index contributed by atoms with van der Waals surface area (Å²) in [6.45, 7) is 12.8. The van der Waals surface area contributed by atoms with Gasteiger partial charge in [-0.05, 0) is 71.2 Å². The average Bonchev–Trinajstić information content (AvgIpc) is 3.09. The molecule has 0 unspecified atom stereocenters. The van der Waals surface area contributed by atoms with Gasteiger partial charge in [-0.3, -0.25) is 14.2 Å². The van der Waals surface area contributed by atoms with Crippen LogP contribution in [0.1, 0.15) is 63.6 Å². The number of carbonyl (C=O) groups is 1. The number of carboxylic acids is 1. The smallest absolute Gasteiger partial charge is 0.336 e. The Morgan fingerprint density at radius 3 is 2.41 bits per heavy atom. The molecule has 1 aliphatic rings. The van der Waals surface area contributed by atoms with Crippen molar-refractivity contribution in [1.29, 1.82) is 0 Å². The Bertz CT molecular complexity index is 971. The summed E-state index contributed by atoms with van der Waals surface area (Å²) in [5.74, 6) is -0.914. The standard InChI is InChI=1S/C24H33ClNO6PS/c1-23(2,3)31-33(32-24(4,5)6)30-15-29-20-13-16-14-26(12-11-19(16)34-20)21(22(27)28)17-9-7-8-10-18(17)25/h7-10,13,21H,11-12,14-15H2,1-6H3,(H,27,28)/t21-/m1/s1. The number of fused-ring (bicyclic) bond motifs is 1. The van der Waals surface area contributed by atoms with Gasteiger partial charge in [0.1, 0.15) is 6.04 Å². The summed E-state index contributed by atoms with van der Waals surface area (Å²) in [6.07, 6.45) is 0.741. The van der Waals surface area contributed by atoms with E-state index in [1.807, 2.05) is 58.6 Å². The number of hydrogen-bond donors (Lipinski definition) is 1. The van der Waals surface area contributed by atoms with Gasteiger partial charge in [0.15, 0.2) is 11.9 Å². The summed E-state index contributed by atoms with van der Waals surface area (Å²) in [5.41, 5.74) is 0.838. The molecular weight excluding hydrogens is 497 g/mol. The lowest BCUT2D eigenvalue weighted by molar-refractivity contribution is -0.144. The Balaban J connectivity index is 1.64. The Kier molecular flexibility index (Phi) is 9.01. The molecule has 0 saturated carbocycles. The minimum absolute atomic E-state index is 0.00164. The second-order valence-electron chi connectivity index (χ2n) is 10.0. The fourth-order valence-electron chi connectivity index (χ4n) is 3.45. The fourth-order valence-corrected chi connectivity index (χ4v) is 5.86. The van der Waals surface area contributed by atoms with E-state index in [2.05, 4.69) is 0 Å². The number of rotatable bonds is 9. The van der Waals surface area contributed by atoms with E-state index >= 15 is 0 Å². The van der Waals surface area contributed by atoms with Gasteiger partial charge in [-0.1, -0.05) is 29.8 Å². The monoisotopic (exact) mass is 529 g/mol. The maximum atomic E-state index is 12.1. The molecule has 1 atom stereocenters. The normalized spacial score (nSPS) is 15.9. The molecule has 34 heavy (non-hydrogen) atoms. The van der Waals surface area contributed by atoms with Crippen LogP contribution in [0.5, 0.6) is 5.06 Å². The van der Waals surface area contributed by atoms with Crippen molar-refractivity contribution in [3.05, 3.63) is 51.4 Å². The number of halogens is 1. The molecule has 1 aliphatic heterocycles. The van der Waals surface area contributed by atoms with Crippen molar-refractivity contribution in [1.82, 2.24) is 4.90 Å². The molecule has 1 aromatic carbocycles. The van der Waals surface area contributed by atoms with E-state index in [4.69, 9.17) is 29.9 Å². The first-order chi connectivity index (χ1) is 15.8. The summed E-state index contributed by atoms with van der Waals surface area (Å²) in [7, 11) is -1.59. The Morgan fingerprint density at radius 2 is 1.82 bits per heavy atom. The molecule has 0 aliphatic carbocycles. The predicted octanol–water partition coefficient (Wildman–Crippen LogP) is 6.80. The zero-order chi connectivity index (χ0) is 25.1. The largest absolute Gasteiger partial charge is 0.480 e. The number of nitrogens with zero attached hydrogens (tertiary/aromatic N) is 1. The van der Waals surface area contributed by atoms with Crippen molar-refractivity contribution >= 4 is 37.5 Å². The fraction of sp³-hybridized carbons (Fsp3) is 0.542. The molecule has 7 nitrogen and oxygen atoms in total. The lowest BCUT2D eigenvalue weighted by Crippen LogP contribution is -2.37. The Labute approximate surface area is 211 Å². The third kappa shape index (κ3) is 7.89. The van der Waals surface area contributed by atoms with Gasteiger partial charge in [-0.15, -0.1) is 11.3 Å². The van der Waals surface area contributed by atoms with Crippen LogP contribution in [0.2, 0.25) is 5.02 Å². The van der Waals surface area contributed by atoms with Crippen molar-refractivity contribution in [2.45, 2.75) is 71.8 Å². The van der Waals surface area contributed by atoms with Crippen LogP contribution in [0.3, 0.4) is 0 Å². The number of carboxylic acid groups (broad SMARTS) is 1. The molecule has 0 amide bonds. The summed E-state index contributed by atoms with van der Waals surface area (Å²) in [6, 6.07) is 8.26. The van der Waals surface area contributed by atoms with Crippen LogP contribution >= 0.6 is 31.5 Å². The number of hydrogen-bond acceptors (Lipinski definition) is 7. The zero-order valence-electron chi connectivity index (χ0n) is 20.5. The van der Waals surface area contributed by atoms with Gasteiger partial charge in [0.2, 0.25) is 0 Å². The molecule has 10 heteroatoms. The van der Waals surface area contributed by atoms with Crippen LogP contribution < -0.4 is 4.74 Å². The van der Waals surface area contributed by atoms with Crippen molar-refractivity contribution in [2.24, 2.45) is 0 Å². The molecule has 0 spiro atoms. The van der Waals surface area contributed by atoms with E-state index in [0.717, 1.165) is 17.0 Å². The molecule has 0 radical (unpaired) electrons. The molecule has 1 N–H and O–H groups in total. The molecule has 0 saturated heterocycles. The Hall–Kier alpha value is -1.25. The van der Waals surface area contributed by atoms with Crippen LogP contribution in [0, 0.1) is 0 Å². The summed E-state index contributed by atoms with van der Waals surface area (Å²) < 4.78 is 23.5. The molecular formula is C24H33ClNO6PS. The van der Waals surface area contributed by atoms with Gasteiger partial charge in [0.05, 0.1) is 11.2 Å². The van der Waals surface area contributed by atoms with Crippen LogP contribution in [0.15, 0.2) is 30.3 Å². The van der Waals surface area contributed by atoms with Gasteiger partial charge >= 0.3 is 14.6 Å². The molecule has 0 fully saturated rings. The maximum Gasteiger partial charge on any atom is 0.336 e. The predicted molar refractivity (Wildman–Crippen MR) is 135 cm³/mol. The second kappa shape index (κ2) is 11.2. The van der Waals surface area contributed by atoms with E-state index in [1.165, 1.54) is 4.88 Å². The number of thiophene rings is 1. The third-order valence-corrected chi connectivity index (χ3v) is 7.93. The topological polar surface area (TPSA) is 77.5 Å². The van der Waals surface area contributed by atoms with Gasteiger partial charge in [-0.25, -0.2) is 0 Å². The van der Waals surface area contributed by atoms with Crippen molar-refractivity contribution in [2.75, 3.05) is 13.3 Å². The highest BCUT2D eigenvalue weighted by Crippen LogP contribution is 2.47. The van der Waals surface area contributed by atoms with Gasteiger partial charge in [-0.2, -0.15) is 0 Å². The van der Waals surface area contributed by atoms with E-state index < -0.39 is 31.8 Å². The van der Waals surface area contributed by atoms with E-state index in [1.54, 1.807) is 29.5 Å². The third-order valence-electron chi connectivity index (χ3n) is 4.73. The van der Waals surface area contributed by atoms with Crippen molar-refractivity contribution in [3.63, 3.8) is 0 Å². The molecule has 188 valence electrons. The highest BCUT2D eigenvalue weighted by Gasteiger charge is 2.33. The van der Waals surface area contributed by atoms with E-state index in [0.29, 0.717) is 23.7 Å². The van der Waals surface area contributed by atoms with E-state index in [-0.39, 0.29) is 6.79 Å². The highest BCUT2D eigenvalue weighted by molar-refractivity contribution is 7.41. The first kappa shape index (κ1) is 27.3. The first-order valence-electron chi connectivity index (χ1n) is 11.1. The highest BCUT2D eigenvalue weighted by atomic mass is 35.5. The van der Waals surface area contributed by atoms with Crippen LogP contribution in [0.25, 0.3) is 0 Å². The number of benzene rings is 1. The molecule has 0 bridgehead atoms. The molecule has 2 aromatic rings. The summed E-state index contributed by atoms with van der Waals surface area (Å²) >= 11 is 7.87. The first-order valence-corrected chi connectivity index (χ1v) is 13.4. The van der Waals surface area contributed by atoms with Gasteiger partial charge in [0.25, 0.3) is 0 Å². The quantitative estimate of drug-likeness (QED) is 0.283. The maximum absolute atomic E-state index is 12.1. The SMILES string of the molecule is CC(C)(C)OP(OCOc1cc2c(s1)CCN([C@@H](C(=O)O)c1ccccc1Cl)C2)OC(C)(C)C. The lowest BCUT2D eigenvalue weighted by atomic mass is 10.0. The number of ether oxygens (including phenoxy) is 1. The van der Waals surface area contributed by atoms with E-state index in [9.17, 15) is 9.90 Å². The van der Waals surface area contributed by atoms with Crippen molar-refractivity contribution in [3.8, 4) is 5.06 Å². The lowest BCUT2D eigenvalue weighted by Gasteiger charge is -2.32.